The summed E-state index contributed by atoms with van der Waals surface area (Å²) in [6.07, 6.45) is 3.75. The fourth-order valence-electron chi connectivity index (χ4n) is 2.67. The van der Waals surface area contributed by atoms with Crippen LogP contribution in [0.2, 0.25) is 10.0 Å². The molecule has 0 aliphatic rings. The summed E-state index contributed by atoms with van der Waals surface area (Å²) in [4.78, 5) is 6.64. The Hall–Kier alpha value is -1.87. The molecule has 0 fully saturated rings. The first kappa shape index (κ1) is 17.0. The van der Waals surface area contributed by atoms with E-state index in [4.69, 9.17) is 23.2 Å². The van der Waals surface area contributed by atoms with Crippen LogP contribution in [0.15, 0.2) is 67.0 Å². The number of halogens is 2. The number of benzene rings is 2. The molecule has 122 valence electrons. The van der Waals surface area contributed by atoms with Crippen LogP contribution in [0, 0.1) is 0 Å². The predicted octanol–water partition coefficient (Wildman–Crippen LogP) is 5.69. The normalized spacial score (nSPS) is 11.0. The molecule has 1 heterocycles. The fourth-order valence-corrected chi connectivity index (χ4v) is 2.97. The Kier molecular flexibility index (Phi) is 5.52. The molecule has 0 N–H and O–H groups in total. The maximum atomic E-state index is 6.12. The first-order valence-corrected chi connectivity index (χ1v) is 8.49. The summed E-state index contributed by atoms with van der Waals surface area (Å²) in [5.74, 6) is 0. The predicted molar refractivity (Wildman–Crippen MR) is 101 cm³/mol. The number of hydrogen-bond donors (Lipinski definition) is 0. The molecular formula is C20H18Cl2N2. The average Bonchev–Trinajstić information content (AvgIpc) is 2.58. The smallest absolute Gasteiger partial charge is 0.0598 e. The highest BCUT2D eigenvalue weighted by Gasteiger charge is 2.06. The van der Waals surface area contributed by atoms with Crippen molar-refractivity contribution in [2.75, 3.05) is 7.05 Å². The standard InChI is InChI=1S/C20H18Cl2N2/c1-24(13-15-5-3-2-4-6-15)14-16-9-18(12-23-11-16)17-7-8-19(21)20(22)10-17/h2-12H,13-14H2,1H3. The molecule has 0 saturated carbocycles. The number of rotatable bonds is 5. The van der Waals surface area contributed by atoms with Crippen molar-refractivity contribution in [3.05, 3.63) is 88.2 Å². The molecule has 3 aromatic rings. The molecule has 0 radical (unpaired) electrons. The van der Waals surface area contributed by atoms with Gasteiger partial charge in [0, 0.05) is 31.0 Å². The van der Waals surface area contributed by atoms with Crippen molar-refractivity contribution in [3.8, 4) is 11.1 Å². The van der Waals surface area contributed by atoms with Crippen molar-refractivity contribution in [3.63, 3.8) is 0 Å². The van der Waals surface area contributed by atoms with E-state index in [1.165, 1.54) is 5.56 Å². The number of nitrogens with zero attached hydrogens (tertiary/aromatic N) is 2. The van der Waals surface area contributed by atoms with E-state index in [9.17, 15) is 0 Å². The Labute approximate surface area is 152 Å². The van der Waals surface area contributed by atoms with E-state index >= 15 is 0 Å². The molecule has 0 atom stereocenters. The Morgan fingerprint density at radius 1 is 0.792 bits per heavy atom. The third kappa shape index (κ3) is 4.35. The Bertz CT molecular complexity index is 819. The summed E-state index contributed by atoms with van der Waals surface area (Å²) < 4.78 is 0. The van der Waals surface area contributed by atoms with Gasteiger partial charge in [0.1, 0.15) is 0 Å². The van der Waals surface area contributed by atoms with Crippen LogP contribution in [0.1, 0.15) is 11.1 Å². The van der Waals surface area contributed by atoms with Crippen LogP contribution in [0.3, 0.4) is 0 Å². The van der Waals surface area contributed by atoms with E-state index in [1.54, 1.807) is 0 Å². The Morgan fingerprint density at radius 2 is 1.54 bits per heavy atom. The SMILES string of the molecule is CN(Cc1ccccc1)Cc1cncc(-c2ccc(Cl)c(Cl)c2)c1. The highest BCUT2D eigenvalue weighted by molar-refractivity contribution is 6.42. The van der Waals surface area contributed by atoms with Crippen LogP contribution in [0.25, 0.3) is 11.1 Å². The molecule has 0 aliphatic carbocycles. The van der Waals surface area contributed by atoms with Gasteiger partial charge in [0.25, 0.3) is 0 Å². The third-order valence-electron chi connectivity index (χ3n) is 3.80. The summed E-state index contributed by atoms with van der Waals surface area (Å²) >= 11 is 12.1. The molecule has 3 rings (SSSR count). The maximum Gasteiger partial charge on any atom is 0.0598 e. The maximum absolute atomic E-state index is 6.12. The van der Waals surface area contributed by atoms with Crippen molar-refractivity contribution >= 4 is 23.2 Å². The minimum Gasteiger partial charge on any atom is -0.298 e. The van der Waals surface area contributed by atoms with Crippen molar-refractivity contribution in [1.82, 2.24) is 9.88 Å². The van der Waals surface area contributed by atoms with Crippen LogP contribution in [0.5, 0.6) is 0 Å². The van der Waals surface area contributed by atoms with Crippen molar-refractivity contribution in [1.29, 1.82) is 0 Å². The lowest BCUT2D eigenvalue weighted by Gasteiger charge is -2.17. The molecule has 0 saturated heterocycles. The minimum atomic E-state index is 0.556. The van der Waals surface area contributed by atoms with Crippen molar-refractivity contribution < 1.29 is 0 Å². The topological polar surface area (TPSA) is 16.1 Å². The summed E-state index contributed by atoms with van der Waals surface area (Å²) in [5, 5.41) is 1.12. The summed E-state index contributed by atoms with van der Waals surface area (Å²) in [5.41, 5.74) is 4.52. The van der Waals surface area contributed by atoms with Gasteiger partial charge in [0.05, 0.1) is 10.0 Å². The molecule has 0 unspecified atom stereocenters. The molecule has 0 bridgehead atoms. The molecule has 1 aromatic heterocycles. The zero-order chi connectivity index (χ0) is 16.9. The van der Waals surface area contributed by atoms with Gasteiger partial charge in [0.2, 0.25) is 0 Å². The number of aromatic nitrogens is 1. The molecule has 0 amide bonds. The van der Waals surface area contributed by atoms with Gasteiger partial charge in [-0.2, -0.15) is 0 Å². The van der Waals surface area contributed by atoms with Crippen LogP contribution in [0.4, 0.5) is 0 Å². The van der Waals surface area contributed by atoms with Crippen LogP contribution < -0.4 is 0 Å². The average molecular weight is 357 g/mol. The largest absolute Gasteiger partial charge is 0.298 e. The Balaban J connectivity index is 1.74. The quantitative estimate of drug-likeness (QED) is 0.583. The van der Waals surface area contributed by atoms with E-state index < -0.39 is 0 Å². The summed E-state index contributed by atoms with van der Waals surface area (Å²) in [7, 11) is 2.11. The lowest BCUT2D eigenvalue weighted by molar-refractivity contribution is 0.319. The highest BCUT2D eigenvalue weighted by atomic mass is 35.5. The molecule has 24 heavy (non-hydrogen) atoms. The van der Waals surface area contributed by atoms with Crippen LogP contribution in [-0.2, 0) is 13.1 Å². The lowest BCUT2D eigenvalue weighted by Crippen LogP contribution is -2.17. The number of pyridine rings is 1. The molecule has 4 heteroatoms. The molecule has 2 aromatic carbocycles. The van der Waals surface area contributed by atoms with E-state index in [0.717, 1.165) is 29.8 Å². The van der Waals surface area contributed by atoms with Gasteiger partial charge in [-0.25, -0.2) is 0 Å². The monoisotopic (exact) mass is 356 g/mol. The number of hydrogen-bond acceptors (Lipinski definition) is 2. The van der Waals surface area contributed by atoms with Gasteiger partial charge in [-0.3, -0.25) is 9.88 Å². The first-order chi connectivity index (χ1) is 11.6. The molecule has 0 spiro atoms. The van der Waals surface area contributed by atoms with Crippen LogP contribution in [-0.4, -0.2) is 16.9 Å². The van der Waals surface area contributed by atoms with E-state index in [2.05, 4.69) is 47.3 Å². The minimum absolute atomic E-state index is 0.556. The molecule has 2 nitrogen and oxygen atoms in total. The van der Waals surface area contributed by atoms with Crippen molar-refractivity contribution in [2.45, 2.75) is 13.1 Å². The van der Waals surface area contributed by atoms with Gasteiger partial charge in [0.15, 0.2) is 0 Å². The Morgan fingerprint density at radius 3 is 2.29 bits per heavy atom. The summed E-state index contributed by atoms with van der Waals surface area (Å²) in [6, 6.07) is 18.2. The van der Waals surface area contributed by atoms with Gasteiger partial charge < -0.3 is 0 Å². The van der Waals surface area contributed by atoms with Gasteiger partial charge in [-0.15, -0.1) is 0 Å². The second kappa shape index (κ2) is 7.80. The third-order valence-corrected chi connectivity index (χ3v) is 4.53. The fraction of sp³-hybridized carbons (Fsp3) is 0.150. The second-order valence-corrected chi connectivity index (χ2v) is 6.68. The zero-order valence-electron chi connectivity index (χ0n) is 13.4. The van der Waals surface area contributed by atoms with Crippen molar-refractivity contribution in [2.24, 2.45) is 0 Å². The second-order valence-electron chi connectivity index (χ2n) is 5.87. The lowest BCUT2D eigenvalue weighted by atomic mass is 10.1. The van der Waals surface area contributed by atoms with Gasteiger partial charge in [-0.05, 0) is 41.9 Å². The molecule has 0 aliphatic heterocycles. The van der Waals surface area contributed by atoms with Crippen LogP contribution >= 0.6 is 23.2 Å². The van der Waals surface area contributed by atoms with Gasteiger partial charge in [-0.1, -0.05) is 59.6 Å². The first-order valence-electron chi connectivity index (χ1n) is 7.73. The van der Waals surface area contributed by atoms with E-state index in [1.807, 2.05) is 36.7 Å². The molecular weight excluding hydrogens is 339 g/mol. The summed E-state index contributed by atoms with van der Waals surface area (Å²) in [6.45, 7) is 1.73. The highest BCUT2D eigenvalue weighted by Crippen LogP contribution is 2.28. The zero-order valence-corrected chi connectivity index (χ0v) is 14.9. The van der Waals surface area contributed by atoms with E-state index in [-0.39, 0.29) is 0 Å². The van der Waals surface area contributed by atoms with E-state index in [0.29, 0.717) is 10.0 Å². The van der Waals surface area contributed by atoms with Gasteiger partial charge >= 0.3 is 0 Å².